The minimum absolute atomic E-state index is 0. The van der Waals surface area contributed by atoms with Gasteiger partial charge in [0, 0.05) is 39.3 Å². The number of rotatable bonds is 0. The normalized spacial score (nSPS) is 17.4. The summed E-state index contributed by atoms with van der Waals surface area (Å²) < 4.78 is 4.47. The van der Waals surface area contributed by atoms with E-state index in [2.05, 4.69) is 9.40 Å². The maximum Gasteiger partial charge on any atom is 3.00 e. The average molecular weight is 646 g/mol. The molecule has 4 heterocycles. The summed E-state index contributed by atoms with van der Waals surface area (Å²) in [4.78, 5) is 38.2. The van der Waals surface area contributed by atoms with Crippen molar-refractivity contribution in [3.8, 4) is 0 Å². The van der Waals surface area contributed by atoms with Crippen molar-refractivity contribution in [2.45, 2.75) is 57.8 Å². The van der Waals surface area contributed by atoms with Crippen LogP contribution in [0.4, 0.5) is 14.4 Å². The Balaban J connectivity index is 0.000000417. The zero-order valence-corrected chi connectivity index (χ0v) is 21.2. The SMILES string of the molecule is O=C([O-])N1CCCCC1.O=C([O-])N1CCCCC1.O=C([O-])N1CCCCC1.[Ir+3].c1cocn1. The third-order valence-corrected chi connectivity index (χ3v) is 5.19. The van der Waals surface area contributed by atoms with E-state index in [4.69, 9.17) is 0 Å². The molecular weight excluding hydrogens is 612 g/mol. The standard InChI is InChI=1S/3C6H11NO2.C3H3NO.Ir/c3*8-6(9)7-4-2-1-3-5-7;1-2-5-3-4-1;/h3*1-5H2,(H,8,9);1-3H;/q;;;;+3/p-3. The van der Waals surface area contributed by atoms with E-state index in [0.29, 0.717) is 39.3 Å². The minimum Gasteiger partial charge on any atom is -0.530 e. The molecule has 0 saturated carbocycles. The zero-order chi connectivity index (χ0) is 23.6. The van der Waals surface area contributed by atoms with Gasteiger partial charge in [0.25, 0.3) is 0 Å². The van der Waals surface area contributed by atoms with Gasteiger partial charge in [0.15, 0.2) is 6.39 Å². The fourth-order valence-corrected chi connectivity index (χ4v) is 3.41. The van der Waals surface area contributed by atoms with Crippen LogP contribution in [-0.2, 0) is 20.1 Å². The van der Waals surface area contributed by atoms with Gasteiger partial charge in [-0.3, -0.25) is 0 Å². The number of nitrogens with zero attached hydrogens (tertiary/aromatic N) is 4. The first-order valence-electron chi connectivity index (χ1n) is 11.1. The van der Waals surface area contributed by atoms with Crippen molar-refractivity contribution in [3.63, 3.8) is 0 Å². The van der Waals surface area contributed by atoms with Crippen LogP contribution in [0.1, 0.15) is 57.8 Å². The van der Waals surface area contributed by atoms with Crippen molar-refractivity contribution >= 4 is 18.3 Å². The van der Waals surface area contributed by atoms with Gasteiger partial charge >= 0.3 is 20.1 Å². The molecule has 0 spiro atoms. The van der Waals surface area contributed by atoms with Crippen molar-refractivity contribution in [1.29, 1.82) is 0 Å². The quantitative estimate of drug-likeness (QED) is 0.385. The summed E-state index contributed by atoms with van der Waals surface area (Å²) in [7, 11) is 0. The van der Waals surface area contributed by atoms with Gasteiger partial charge in [0.05, 0.1) is 6.20 Å². The molecule has 3 amide bonds. The van der Waals surface area contributed by atoms with Crippen LogP contribution in [0, 0.1) is 0 Å². The van der Waals surface area contributed by atoms with Gasteiger partial charge in [-0.2, -0.15) is 0 Å². The molecule has 3 aliphatic rings. The molecule has 0 N–H and O–H groups in total. The van der Waals surface area contributed by atoms with E-state index in [9.17, 15) is 29.7 Å². The Morgan fingerprint density at radius 1 is 0.606 bits per heavy atom. The van der Waals surface area contributed by atoms with Crippen molar-refractivity contribution in [2.24, 2.45) is 0 Å². The molecule has 33 heavy (non-hydrogen) atoms. The summed E-state index contributed by atoms with van der Waals surface area (Å²) in [5.41, 5.74) is 0. The number of amides is 3. The Labute approximate surface area is 208 Å². The maximum absolute atomic E-state index is 10.2. The predicted octanol–water partition coefficient (Wildman–Crippen LogP) is 0.119. The molecule has 0 bridgehead atoms. The molecule has 3 aliphatic heterocycles. The number of piperidine rings is 3. The Hall–Kier alpha value is -2.33. The number of carbonyl (C=O) groups excluding carboxylic acids is 3. The summed E-state index contributed by atoms with van der Waals surface area (Å²) in [5, 5.41) is 30.5. The minimum atomic E-state index is -1.02. The molecule has 1 aromatic rings. The molecule has 3 saturated heterocycles. The van der Waals surface area contributed by atoms with E-state index < -0.39 is 18.3 Å². The summed E-state index contributed by atoms with van der Waals surface area (Å²) in [6, 6.07) is 0. The van der Waals surface area contributed by atoms with Crippen molar-refractivity contribution in [1.82, 2.24) is 19.7 Å². The second-order valence-electron chi connectivity index (χ2n) is 7.62. The molecule has 0 aromatic carbocycles. The van der Waals surface area contributed by atoms with Gasteiger partial charge in [-0.25, -0.2) is 4.98 Å². The summed E-state index contributed by atoms with van der Waals surface area (Å²) in [5.74, 6) is 0. The molecule has 3 fully saturated rings. The Kier molecular flexibility index (Phi) is 17.8. The number of likely N-dealkylation sites (tertiary alicyclic amines) is 3. The average Bonchev–Trinajstić information content (AvgIpc) is 3.42. The Bertz CT molecular complexity index is 547. The predicted molar refractivity (Wildman–Crippen MR) is 109 cm³/mol. The molecule has 11 nitrogen and oxygen atoms in total. The number of aromatic nitrogens is 1. The molecule has 1 aromatic heterocycles. The van der Waals surface area contributed by atoms with E-state index in [1.165, 1.54) is 27.4 Å². The second kappa shape index (κ2) is 19.2. The number of hydrogen-bond acceptors (Lipinski definition) is 8. The molecular formula is C21H33IrN4O7. The van der Waals surface area contributed by atoms with Gasteiger partial charge < -0.3 is 48.8 Å². The topological polar surface area (TPSA) is 156 Å². The van der Waals surface area contributed by atoms with Crippen molar-refractivity contribution in [3.05, 3.63) is 18.9 Å². The van der Waals surface area contributed by atoms with E-state index in [1.807, 2.05) is 0 Å². The molecule has 0 radical (unpaired) electrons. The summed E-state index contributed by atoms with van der Waals surface area (Å²) in [6.07, 6.45) is 10.8. The van der Waals surface area contributed by atoms with Crippen LogP contribution in [-0.4, -0.2) is 77.2 Å². The van der Waals surface area contributed by atoms with Gasteiger partial charge in [0.1, 0.15) is 24.5 Å². The largest absolute Gasteiger partial charge is 3.00 e. The first-order chi connectivity index (χ1) is 15.4. The van der Waals surface area contributed by atoms with E-state index in [1.54, 1.807) is 6.20 Å². The molecule has 0 atom stereocenters. The van der Waals surface area contributed by atoms with Crippen LogP contribution in [0.2, 0.25) is 0 Å². The number of hydrogen-bond donors (Lipinski definition) is 0. The number of carbonyl (C=O) groups is 3. The van der Waals surface area contributed by atoms with Crippen LogP contribution in [0.5, 0.6) is 0 Å². The summed E-state index contributed by atoms with van der Waals surface area (Å²) in [6.45, 7) is 4.01. The number of carboxylic acid groups (broad SMARTS) is 3. The van der Waals surface area contributed by atoms with Crippen LogP contribution >= 0.6 is 0 Å². The monoisotopic (exact) mass is 646 g/mol. The molecule has 0 aliphatic carbocycles. The number of oxazole rings is 1. The Morgan fingerprint density at radius 2 is 0.909 bits per heavy atom. The van der Waals surface area contributed by atoms with E-state index in [-0.39, 0.29) is 20.1 Å². The van der Waals surface area contributed by atoms with E-state index in [0.717, 1.165) is 57.8 Å². The second-order valence-corrected chi connectivity index (χ2v) is 7.62. The summed E-state index contributed by atoms with van der Waals surface area (Å²) >= 11 is 0. The molecule has 4 rings (SSSR count). The zero-order valence-electron chi connectivity index (χ0n) is 18.8. The molecule has 12 heteroatoms. The Morgan fingerprint density at radius 3 is 1.03 bits per heavy atom. The van der Waals surface area contributed by atoms with Gasteiger partial charge in [-0.1, -0.05) is 0 Å². The van der Waals surface area contributed by atoms with Crippen LogP contribution in [0.3, 0.4) is 0 Å². The fourth-order valence-electron chi connectivity index (χ4n) is 3.41. The van der Waals surface area contributed by atoms with Crippen LogP contribution < -0.4 is 15.3 Å². The third-order valence-electron chi connectivity index (χ3n) is 5.19. The first kappa shape index (κ1) is 30.7. The van der Waals surface area contributed by atoms with Crippen molar-refractivity contribution < 1.29 is 54.2 Å². The molecule has 0 unspecified atom stereocenters. The van der Waals surface area contributed by atoms with Gasteiger partial charge in [-0.05, 0) is 57.8 Å². The van der Waals surface area contributed by atoms with Crippen LogP contribution in [0.25, 0.3) is 0 Å². The smallest absolute Gasteiger partial charge is 0.530 e. The van der Waals surface area contributed by atoms with Crippen molar-refractivity contribution in [2.75, 3.05) is 39.3 Å². The maximum atomic E-state index is 10.2. The van der Waals surface area contributed by atoms with E-state index >= 15 is 0 Å². The third kappa shape index (κ3) is 15.2. The molecule has 188 valence electrons. The first-order valence-corrected chi connectivity index (χ1v) is 11.1. The fraction of sp³-hybridized carbons (Fsp3) is 0.714. The van der Waals surface area contributed by atoms with Gasteiger partial charge in [-0.15, -0.1) is 0 Å². The van der Waals surface area contributed by atoms with Gasteiger partial charge in [0.2, 0.25) is 0 Å². The van der Waals surface area contributed by atoms with Crippen LogP contribution in [0.15, 0.2) is 23.3 Å².